The van der Waals surface area contributed by atoms with Crippen molar-refractivity contribution in [2.24, 2.45) is 0 Å². The van der Waals surface area contributed by atoms with E-state index in [2.05, 4.69) is 21.2 Å². The number of hydroxylamine groups is 2. The zero-order valence-corrected chi connectivity index (χ0v) is 11.8. The molecule has 3 N–H and O–H groups in total. The number of hydrogen-bond acceptors (Lipinski definition) is 4. The number of amides is 1. The van der Waals surface area contributed by atoms with E-state index in [4.69, 9.17) is 0 Å². The molecule has 6 heteroatoms. The number of anilines is 1. The summed E-state index contributed by atoms with van der Waals surface area (Å²) in [6.45, 7) is 0. The fourth-order valence-corrected chi connectivity index (χ4v) is 2.58. The second-order valence-corrected chi connectivity index (χ2v) is 5.36. The molecular formula is C14H11BrN2O3. The molecule has 2 aromatic rings. The van der Waals surface area contributed by atoms with Crippen LogP contribution < -0.4 is 5.32 Å². The Bertz CT molecular complexity index is 690. The molecule has 0 saturated carbocycles. The lowest BCUT2D eigenvalue weighted by Crippen LogP contribution is -2.40. The Balaban J connectivity index is 2.08. The monoisotopic (exact) mass is 334 g/mol. The van der Waals surface area contributed by atoms with E-state index in [1.165, 1.54) is 6.07 Å². The van der Waals surface area contributed by atoms with E-state index >= 15 is 0 Å². The Labute approximate surface area is 123 Å². The lowest BCUT2D eigenvalue weighted by atomic mass is 10.0. The zero-order valence-electron chi connectivity index (χ0n) is 10.2. The van der Waals surface area contributed by atoms with Gasteiger partial charge in [0.1, 0.15) is 5.75 Å². The highest BCUT2D eigenvalue weighted by Crippen LogP contribution is 2.36. The van der Waals surface area contributed by atoms with Crippen LogP contribution in [0.1, 0.15) is 22.1 Å². The number of benzene rings is 2. The molecule has 1 atom stereocenters. The number of carbonyl (C=O) groups excluding carboxylic acids is 1. The van der Waals surface area contributed by atoms with Crippen LogP contribution >= 0.6 is 15.9 Å². The molecule has 0 radical (unpaired) electrons. The number of hydrogen-bond donors (Lipinski definition) is 3. The van der Waals surface area contributed by atoms with E-state index in [0.717, 1.165) is 4.47 Å². The van der Waals surface area contributed by atoms with Crippen molar-refractivity contribution in [3.63, 3.8) is 0 Å². The van der Waals surface area contributed by atoms with Crippen LogP contribution in [0.5, 0.6) is 5.75 Å². The first-order valence-corrected chi connectivity index (χ1v) is 6.73. The first kappa shape index (κ1) is 13.0. The first-order valence-electron chi connectivity index (χ1n) is 5.94. The van der Waals surface area contributed by atoms with Crippen molar-refractivity contribution in [1.82, 2.24) is 5.06 Å². The molecule has 5 nitrogen and oxygen atoms in total. The SMILES string of the molecule is O=C1c2ccccc2N[C@@H](c2cc(Br)ccc2O)N1O. The highest BCUT2D eigenvalue weighted by Gasteiger charge is 2.33. The van der Waals surface area contributed by atoms with Crippen molar-refractivity contribution >= 4 is 27.5 Å². The van der Waals surface area contributed by atoms with Crippen LogP contribution in [0, 0.1) is 0 Å². The summed E-state index contributed by atoms with van der Waals surface area (Å²) in [5.41, 5.74) is 1.41. The normalized spacial score (nSPS) is 17.6. The molecule has 0 unspecified atom stereocenters. The van der Waals surface area contributed by atoms with Crippen LogP contribution in [0.3, 0.4) is 0 Å². The van der Waals surface area contributed by atoms with Crippen molar-refractivity contribution in [3.05, 3.63) is 58.1 Å². The van der Waals surface area contributed by atoms with E-state index in [1.54, 1.807) is 36.4 Å². The Morgan fingerprint density at radius 3 is 2.75 bits per heavy atom. The second-order valence-electron chi connectivity index (χ2n) is 4.45. The lowest BCUT2D eigenvalue weighted by Gasteiger charge is -2.33. The quantitative estimate of drug-likeness (QED) is 0.700. The third kappa shape index (κ3) is 2.03. The number of aromatic hydroxyl groups is 1. The molecule has 2 aromatic carbocycles. The maximum absolute atomic E-state index is 12.1. The van der Waals surface area contributed by atoms with Gasteiger partial charge in [-0.2, -0.15) is 5.06 Å². The van der Waals surface area contributed by atoms with Crippen molar-refractivity contribution in [1.29, 1.82) is 0 Å². The molecule has 3 rings (SSSR count). The number of para-hydroxylation sites is 1. The van der Waals surface area contributed by atoms with E-state index in [1.807, 2.05) is 0 Å². The van der Waals surface area contributed by atoms with Gasteiger partial charge < -0.3 is 10.4 Å². The van der Waals surface area contributed by atoms with Gasteiger partial charge in [-0.3, -0.25) is 10.0 Å². The fraction of sp³-hybridized carbons (Fsp3) is 0.0714. The molecule has 20 heavy (non-hydrogen) atoms. The summed E-state index contributed by atoms with van der Waals surface area (Å²) in [5.74, 6) is -0.513. The number of carbonyl (C=O) groups is 1. The predicted octanol–water partition coefficient (Wildman–Crippen LogP) is 3.11. The van der Waals surface area contributed by atoms with E-state index < -0.39 is 12.1 Å². The Hall–Kier alpha value is -2.05. The highest BCUT2D eigenvalue weighted by molar-refractivity contribution is 9.10. The molecule has 0 fully saturated rings. The largest absolute Gasteiger partial charge is 0.508 e. The van der Waals surface area contributed by atoms with E-state index in [9.17, 15) is 15.1 Å². The number of phenols is 1. The molecule has 0 aliphatic carbocycles. The van der Waals surface area contributed by atoms with E-state index in [0.29, 0.717) is 21.9 Å². The van der Waals surface area contributed by atoms with Crippen LogP contribution in [-0.2, 0) is 0 Å². The molecule has 1 aliphatic rings. The van der Waals surface area contributed by atoms with Crippen LogP contribution in [0.25, 0.3) is 0 Å². The predicted molar refractivity (Wildman–Crippen MR) is 76.6 cm³/mol. The maximum atomic E-state index is 12.1. The second kappa shape index (κ2) is 4.81. The topological polar surface area (TPSA) is 72.8 Å². The van der Waals surface area contributed by atoms with Gasteiger partial charge in [0.05, 0.1) is 5.56 Å². The minimum atomic E-state index is -0.838. The lowest BCUT2D eigenvalue weighted by molar-refractivity contribution is -0.0855. The summed E-state index contributed by atoms with van der Waals surface area (Å²) < 4.78 is 0.742. The van der Waals surface area contributed by atoms with Gasteiger partial charge in [0.25, 0.3) is 5.91 Å². The third-order valence-electron chi connectivity index (χ3n) is 3.19. The Kier molecular flexibility index (Phi) is 3.11. The van der Waals surface area contributed by atoms with Gasteiger partial charge in [-0.05, 0) is 30.3 Å². The summed E-state index contributed by atoms with van der Waals surface area (Å²) in [5, 5.41) is 23.6. The smallest absolute Gasteiger partial charge is 0.281 e. The van der Waals surface area contributed by atoms with Crippen LogP contribution in [-0.4, -0.2) is 21.3 Å². The van der Waals surface area contributed by atoms with Gasteiger partial charge in [0.2, 0.25) is 0 Å². The summed E-state index contributed by atoms with van der Waals surface area (Å²) >= 11 is 3.31. The minimum absolute atomic E-state index is 0.00284. The number of rotatable bonds is 1. The molecule has 1 aliphatic heterocycles. The summed E-state index contributed by atoms with van der Waals surface area (Å²) in [7, 11) is 0. The Morgan fingerprint density at radius 2 is 1.95 bits per heavy atom. The molecule has 0 bridgehead atoms. The van der Waals surface area contributed by atoms with Gasteiger partial charge in [0.15, 0.2) is 6.17 Å². The van der Waals surface area contributed by atoms with Gasteiger partial charge in [-0.15, -0.1) is 0 Å². The van der Waals surface area contributed by atoms with Crippen LogP contribution in [0.4, 0.5) is 5.69 Å². The van der Waals surface area contributed by atoms with E-state index in [-0.39, 0.29) is 5.75 Å². The average Bonchev–Trinajstić information content (AvgIpc) is 2.46. The molecule has 0 spiro atoms. The average molecular weight is 335 g/mol. The van der Waals surface area contributed by atoms with Crippen molar-refractivity contribution < 1.29 is 15.1 Å². The van der Waals surface area contributed by atoms with Crippen molar-refractivity contribution in [2.75, 3.05) is 5.32 Å². The number of fused-ring (bicyclic) bond motifs is 1. The van der Waals surface area contributed by atoms with Crippen LogP contribution in [0.2, 0.25) is 0 Å². The molecule has 1 amide bonds. The van der Waals surface area contributed by atoms with Gasteiger partial charge in [0, 0.05) is 15.7 Å². The maximum Gasteiger partial charge on any atom is 0.281 e. The minimum Gasteiger partial charge on any atom is -0.508 e. The van der Waals surface area contributed by atoms with Crippen LogP contribution in [0.15, 0.2) is 46.9 Å². The molecule has 102 valence electrons. The summed E-state index contributed by atoms with van der Waals surface area (Å²) in [6.07, 6.45) is -0.838. The fourth-order valence-electron chi connectivity index (χ4n) is 2.20. The number of nitrogens with zero attached hydrogens (tertiary/aromatic N) is 1. The molecular weight excluding hydrogens is 324 g/mol. The van der Waals surface area contributed by atoms with Gasteiger partial charge >= 0.3 is 0 Å². The van der Waals surface area contributed by atoms with Crippen molar-refractivity contribution in [2.45, 2.75) is 6.17 Å². The standard InChI is InChI=1S/C14H11BrN2O3/c15-8-5-6-12(18)10(7-8)13-16-11-4-2-1-3-9(11)14(19)17(13)20/h1-7,13,16,18,20H/t13-/m1/s1. The Morgan fingerprint density at radius 1 is 1.20 bits per heavy atom. The number of halogens is 1. The van der Waals surface area contributed by atoms with Gasteiger partial charge in [-0.1, -0.05) is 28.1 Å². The molecule has 0 aromatic heterocycles. The highest BCUT2D eigenvalue weighted by atomic mass is 79.9. The summed E-state index contributed by atoms with van der Waals surface area (Å²) in [4.78, 5) is 12.1. The van der Waals surface area contributed by atoms with Gasteiger partial charge in [-0.25, -0.2) is 0 Å². The number of phenolic OH excluding ortho intramolecular Hbond substituents is 1. The zero-order chi connectivity index (χ0) is 14.3. The van der Waals surface area contributed by atoms with Crippen molar-refractivity contribution in [3.8, 4) is 5.75 Å². The summed E-state index contributed by atoms with van der Waals surface area (Å²) in [6, 6.07) is 11.7. The third-order valence-corrected chi connectivity index (χ3v) is 3.68. The first-order chi connectivity index (χ1) is 9.58. The molecule has 0 saturated heterocycles. The number of nitrogens with one attached hydrogen (secondary N) is 1. The molecule has 1 heterocycles.